The van der Waals surface area contributed by atoms with Crippen LogP contribution in [-0.2, 0) is 19.1 Å². The Balaban J connectivity index is 2.22. The van der Waals surface area contributed by atoms with Gasteiger partial charge < -0.3 is 10.1 Å². The van der Waals surface area contributed by atoms with Gasteiger partial charge in [0.1, 0.15) is 0 Å². The minimum absolute atomic E-state index is 0.0203. The van der Waals surface area contributed by atoms with Crippen LogP contribution >= 0.6 is 0 Å². The van der Waals surface area contributed by atoms with Crippen LogP contribution in [-0.4, -0.2) is 30.0 Å². The third-order valence-corrected chi connectivity index (χ3v) is 2.54. The summed E-state index contributed by atoms with van der Waals surface area (Å²) in [5.41, 5.74) is 3.17. The third-order valence-electron chi connectivity index (χ3n) is 2.54. The van der Waals surface area contributed by atoms with Gasteiger partial charge in [0.15, 0.2) is 5.71 Å². The summed E-state index contributed by atoms with van der Waals surface area (Å²) in [5, 5.41) is 6.16. The van der Waals surface area contributed by atoms with Crippen LogP contribution in [0.15, 0.2) is 47.2 Å². The molecule has 0 bridgehead atoms. The van der Waals surface area contributed by atoms with Crippen LogP contribution in [0.1, 0.15) is 6.92 Å². The number of carbonyl (C=O) groups is 3. The van der Waals surface area contributed by atoms with E-state index in [2.05, 4.69) is 15.8 Å². The summed E-state index contributed by atoms with van der Waals surface area (Å²) < 4.78 is 4.73. The van der Waals surface area contributed by atoms with Crippen molar-refractivity contribution in [3.05, 3.63) is 42.1 Å². The highest BCUT2D eigenvalue weighted by Crippen LogP contribution is 2.09. The van der Waals surface area contributed by atoms with E-state index in [1.165, 1.54) is 0 Å². The van der Waals surface area contributed by atoms with Crippen molar-refractivity contribution >= 4 is 29.1 Å². The molecule has 1 aliphatic heterocycles. The molecule has 0 atom stereocenters. The number of nitrogens with one attached hydrogen (secondary N) is 2. The number of ether oxygens (including phenoxy) is 1. The third kappa shape index (κ3) is 3.53. The van der Waals surface area contributed by atoms with E-state index in [4.69, 9.17) is 4.74 Å². The van der Waals surface area contributed by atoms with Crippen LogP contribution in [0.25, 0.3) is 0 Å². The summed E-state index contributed by atoms with van der Waals surface area (Å²) in [6.45, 7) is 1.85. The molecule has 1 fully saturated rings. The van der Waals surface area contributed by atoms with Crippen molar-refractivity contribution in [2.24, 2.45) is 5.10 Å². The molecule has 0 radical (unpaired) electrons. The quantitative estimate of drug-likeness (QED) is 0.366. The Bertz CT molecular complexity index is 635. The first-order chi connectivity index (χ1) is 10.1. The molecule has 0 aliphatic carbocycles. The molecule has 2 N–H and O–H groups in total. The topological polar surface area (TPSA) is 96.9 Å². The Labute approximate surface area is 120 Å². The zero-order valence-corrected chi connectivity index (χ0v) is 11.3. The molecule has 0 spiro atoms. The number of carbonyl (C=O) groups excluding carboxylic acids is 3. The monoisotopic (exact) mass is 287 g/mol. The van der Waals surface area contributed by atoms with Crippen LogP contribution in [0.4, 0.5) is 5.69 Å². The molecule has 21 heavy (non-hydrogen) atoms. The Morgan fingerprint density at radius 3 is 2.71 bits per heavy atom. The van der Waals surface area contributed by atoms with E-state index in [9.17, 15) is 14.4 Å². The normalized spacial score (nSPS) is 18.0. The van der Waals surface area contributed by atoms with Gasteiger partial charge >= 0.3 is 5.97 Å². The average Bonchev–Trinajstić information content (AvgIpc) is 2.73. The summed E-state index contributed by atoms with van der Waals surface area (Å²) in [5.74, 6) is -2.30. The smallest absolute Gasteiger partial charge is 0.332 e. The van der Waals surface area contributed by atoms with Gasteiger partial charge in [-0.3, -0.25) is 15.0 Å². The number of hydrogen-bond donors (Lipinski definition) is 2. The fourth-order valence-electron chi connectivity index (χ4n) is 1.62. The predicted octanol–water partition coefficient (Wildman–Crippen LogP) is 0.600. The number of benzene rings is 1. The van der Waals surface area contributed by atoms with Crippen LogP contribution in [0.3, 0.4) is 0 Å². The Kier molecular flexibility index (Phi) is 4.45. The maximum atomic E-state index is 11.7. The second kappa shape index (κ2) is 6.47. The first-order valence-electron chi connectivity index (χ1n) is 6.25. The van der Waals surface area contributed by atoms with E-state index in [0.717, 1.165) is 6.08 Å². The minimum atomic E-state index is -0.834. The van der Waals surface area contributed by atoms with E-state index >= 15 is 0 Å². The van der Waals surface area contributed by atoms with Crippen LogP contribution in [0, 0.1) is 0 Å². The Morgan fingerprint density at radius 2 is 2.05 bits per heavy atom. The van der Waals surface area contributed by atoms with E-state index in [1.54, 1.807) is 31.2 Å². The number of rotatable bonds is 4. The highest BCUT2D eigenvalue weighted by Gasteiger charge is 2.34. The van der Waals surface area contributed by atoms with Crippen molar-refractivity contribution in [2.75, 3.05) is 12.0 Å². The van der Waals surface area contributed by atoms with E-state index in [0.29, 0.717) is 5.69 Å². The highest BCUT2D eigenvalue weighted by molar-refractivity contribution is 6.72. The first kappa shape index (κ1) is 14.4. The lowest BCUT2D eigenvalue weighted by Crippen LogP contribution is -2.19. The van der Waals surface area contributed by atoms with Gasteiger partial charge in [0.2, 0.25) is 0 Å². The molecule has 0 aromatic heterocycles. The maximum Gasteiger partial charge on any atom is 0.332 e. The molecular weight excluding hydrogens is 274 g/mol. The maximum absolute atomic E-state index is 11.7. The number of hydrazone groups is 1. The lowest BCUT2D eigenvalue weighted by Gasteiger charge is -2.02. The van der Waals surface area contributed by atoms with Gasteiger partial charge in [-0.15, -0.1) is 0 Å². The summed E-state index contributed by atoms with van der Waals surface area (Å²) in [7, 11) is 0. The molecule has 1 aliphatic rings. The molecule has 7 nitrogen and oxygen atoms in total. The van der Waals surface area contributed by atoms with Crippen molar-refractivity contribution in [3.63, 3.8) is 0 Å². The number of para-hydroxylation sites is 1. The average molecular weight is 287 g/mol. The predicted molar refractivity (Wildman–Crippen MR) is 75.4 cm³/mol. The Hall–Kier alpha value is -2.96. The van der Waals surface area contributed by atoms with Gasteiger partial charge in [-0.2, -0.15) is 5.10 Å². The van der Waals surface area contributed by atoms with Gasteiger partial charge in [0.25, 0.3) is 11.7 Å². The van der Waals surface area contributed by atoms with Crippen LogP contribution in [0.2, 0.25) is 0 Å². The van der Waals surface area contributed by atoms with Gasteiger partial charge in [-0.1, -0.05) is 18.2 Å². The number of esters is 1. The number of nitrogens with zero attached hydrogens (tertiary/aromatic N) is 1. The number of amides is 1. The minimum Gasteiger partial charge on any atom is -0.463 e. The molecule has 0 saturated carbocycles. The SMILES string of the molecule is CCOC(=O)/C=C1\NC(=O)C(=O)\C1=N/Nc1ccccc1. The van der Waals surface area contributed by atoms with Crippen LogP contribution in [0.5, 0.6) is 0 Å². The molecular formula is C14H13N3O4. The highest BCUT2D eigenvalue weighted by atomic mass is 16.5. The van der Waals surface area contributed by atoms with Crippen molar-refractivity contribution in [1.29, 1.82) is 0 Å². The molecule has 1 aromatic rings. The summed E-state index contributed by atoms with van der Waals surface area (Å²) in [6, 6.07) is 8.90. The molecule has 108 valence electrons. The number of hydrogen-bond acceptors (Lipinski definition) is 6. The molecule has 1 heterocycles. The van der Waals surface area contributed by atoms with E-state index in [-0.39, 0.29) is 18.0 Å². The lowest BCUT2D eigenvalue weighted by molar-refractivity contribution is -0.137. The lowest BCUT2D eigenvalue weighted by atomic mass is 10.2. The zero-order valence-electron chi connectivity index (χ0n) is 11.3. The van der Waals surface area contributed by atoms with Gasteiger partial charge in [0.05, 0.1) is 18.0 Å². The zero-order chi connectivity index (χ0) is 15.2. The molecule has 7 heteroatoms. The van der Waals surface area contributed by atoms with E-state index in [1.807, 2.05) is 6.07 Å². The van der Waals surface area contributed by atoms with Gasteiger partial charge in [-0.25, -0.2) is 4.79 Å². The second-order valence-electron chi connectivity index (χ2n) is 4.03. The van der Waals surface area contributed by atoms with Crippen molar-refractivity contribution < 1.29 is 19.1 Å². The van der Waals surface area contributed by atoms with Crippen molar-refractivity contribution in [3.8, 4) is 0 Å². The summed E-state index contributed by atoms with van der Waals surface area (Å²) in [4.78, 5) is 34.5. The van der Waals surface area contributed by atoms with Gasteiger partial charge in [-0.05, 0) is 19.1 Å². The largest absolute Gasteiger partial charge is 0.463 e. The van der Waals surface area contributed by atoms with Crippen molar-refractivity contribution in [2.45, 2.75) is 6.92 Å². The molecule has 1 amide bonds. The van der Waals surface area contributed by atoms with E-state index < -0.39 is 17.7 Å². The number of Topliss-reactive ketones (excluding diaryl/α,β-unsaturated/α-hetero) is 1. The molecule has 2 rings (SSSR count). The second-order valence-corrected chi connectivity index (χ2v) is 4.03. The van der Waals surface area contributed by atoms with Crippen molar-refractivity contribution in [1.82, 2.24) is 5.32 Å². The summed E-state index contributed by atoms with van der Waals surface area (Å²) in [6.07, 6.45) is 1.03. The standard InChI is InChI=1S/C14H13N3O4/c1-2-21-11(18)8-10-12(13(19)14(20)15-10)17-16-9-6-4-3-5-7-9/h3-8,16H,2H2,1H3,(H,15,20)/b10-8-,17-12-. The Morgan fingerprint density at radius 1 is 1.33 bits per heavy atom. The van der Waals surface area contributed by atoms with Gasteiger partial charge in [0, 0.05) is 6.08 Å². The summed E-state index contributed by atoms with van der Waals surface area (Å²) >= 11 is 0. The number of ketones is 1. The number of allylic oxidation sites excluding steroid dienone is 1. The van der Waals surface area contributed by atoms with Crippen LogP contribution < -0.4 is 10.7 Å². The number of anilines is 1. The molecule has 0 unspecified atom stereocenters. The molecule has 1 saturated heterocycles. The first-order valence-corrected chi connectivity index (χ1v) is 6.25. The fourth-order valence-corrected chi connectivity index (χ4v) is 1.62. The molecule has 1 aromatic carbocycles. The fraction of sp³-hybridized carbons (Fsp3) is 0.143.